The Labute approximate surface area is 81.5 Å². The normalized spacial score (nSPS) is 12.1. The van der Waals surface area contributed by atoms with Crippen LogP contribution >= 0.6 is 0 Å². The number of carbonyl (C=O) groups excluding carboxylic acids is 1. The Morgan fingerprint density at radius 2 is 2.43 bits per heavy atom. The Morgan fingerprint density at radius 3 is 2.86 bits per heavy atom. The van der Waals surface area contributed by atoms with Gasteiger partial charge in [0.05, 0.1) is 18.5 Å². The van der Waals surface area contributed by atoms with E-state index in [1.807, 2.05) is 0 Å². The number of amides is 1. The molecule has 14 heavy (non-hydrogen) atoms. The van der Waals surface area contributed by atoms with E-state index < -0.39 is 12.0 Å². The molecule has 0 radical (unpaired) electrons. The topological polar surface area (TPSA) is 85.4 Å². The zero-order valence-electron chi connectivity index (χ0n) is 7.80. The fourth-order valence-electron chi connectivity index (χ4n) is 0.836. The first-order valence-electron chi connectivity index (χ1n) is 4.15. The van der Waals surface area contributed by atoms with Gasteiger partial charge in [-0.3, -0.25) is 9.78 Å². The molecule has 1 aromatic heterocycles. The monoisotopic (exact) mass is 196 g/mol. The van der Waals surface area contributed by atoms with Gasteiger partial charge in [0.15, 0.2) is 6.10 Å². The zero-order valence-corrected chi connectivity index (χ0v) is 7.80. The number of hydrogen-bond acceptors (Lipinski definition) is 4. The molecule has 0 aromatic carbocycles. The predicted octanol–water partition coefficient (Wildman–Crippen LogP) is -0.174. The maximum Gasteiger partial charge on any atom is 0.258 e. The molecule has 0 fully saturated rings. The second kappa shape index (κ2) is 4.57. The molecule has 5 nitrogen and oxygen atoms in total. The van der Waals surface area contributed by atoms with Crippen molar-refractivity contribution in [1.82, 2.24) is 4.98 Å². The minimum atomic E-state index is -0.684. The average Bonchev–Trinajstić information content (AvgIpc) is 2.19. The largest absolute Gasteiger partial charge is 0.479 e. The molecule has 1 atom stereocenters. The molecular formula is C9H12N2O3. The molecule has 0 bridgehead atoms. The van der Waals surface area contributed by atoms with Gasteiger partial charge in [-0.1, -0.05) is 0 Å². The van der Waals surface area contributed by atoms with Crippen molar-refractivity contribution in [1.29, 1.82) is 0 Å². The third kappa shape index (κ3) is 2.70. The molecule has 0 aliphatic carbocycles. The molecule has 1 unspecified atom stereocenters. The second-order valence-electron chi connectivity index (χ2n) is 2.81. The predicted molar refractivity (Wildman–Crippen MR) is 49.4 cm³/mol. The van der Waals surface area contributed by atoms with Crippen LogP contribution in [0.5, 0.6) is 5.75 Å². The highest BCUT2D eigenvalue weighted by Crippen LogP contribution is 2.10. The number of pyridine rings is 1. The zero-order chi connectivity index (χ0) is 10.6. The standard InChI is InChI=1S/C9H12N2O3/c1-6(9(10)13)14-8-3-2-7(5-12)11-4-8/h2-4,6,12H,5H2,1H3,(H2,10,13). The van der Waals surface area contributed by atoms with Crippen molar-refractivity contribution >= 4 is 5.91 Å². The lowest BCUT2D eigenvalue weighted by Crippen LogP contribution is -2.30. The molecule has 5 heteroatoms. The van der Waals surface area contributed by atoms with Gasteiger partial charge in [-0.15, -0.1) is 0 Å². The number of aromatic nitrogens is 1. The molecule has 0 saturated heterocycles. The molecule has 3 N–H and O–H groups in total. The lowest BCUT2D eigenvalue weighted by molar-refractivity contribution is -0.123. The molecule has 1 aromatic rings. The fourth-order valence-corrected chi connectivity index (χ4v) is 0.836. The van der Waals surface area contributed by atoms with E-state index in [0.29, 0.717) is 11.4 Å². The molecule has 1 rings (SSSR count). The van der Waals surface area contributed by atoms with Crippen LogP contribution in [0.2, 0.25) is 0 Å². The second-order valence-corrected chi connectivity index (χ2v) is 2.81. The lowest BCUT2D eigenvalue weighted by Gasteiger charge is -2.10. The number of nitrogens with two attached hydrogens (primary N) is 1. The fraction of sp³-hybridized carbons (Fsp3) is 0.333. The lowest BCUT2D eigenvalue weighted by atomic mass is 10.3. The van der Waals surface area contributed by atoms with Crippen LogP contribution in [0.3, 0.4) is 0 Å². The van der Waals surface area contributed by atoms with E-state index in [1.54, 1.807) is 19.1 Å². The first kappa shape index (κ1) is 10.5. The Hall–Kier alpha value is -1.62. The number of carbonyl (C=O) groups is 1. The number of aliphatic hydroxyl groups is 1. The van der Waals surface area contributed by atoms with Gasteiger partial charge in [-0.05, 0) is 19.1 Å². The summed E-state index contributed by atoms with van der Waals surface area (Å²) in [4.78, 5) is 14.5. The minimum Gasteiger partial charge on any atom is -0.479 e. The van der Waals surface area contributed by atoms with E-state index in [9.17, 15) is 4.79 Å². The summed E-state index contributed by atoms with van der Waals surface area (Å²) in [7, 11) is 0. The molecule has 0 saturated carbocycles. The van der Waals surface area contributed by atoms with Gasteiger partial charge in [-0.25, -0.2) is 0 Å². The Morgan fingerprint density at radius 1 is 1.71 bits per heavy atom. The first-order chi connectivity index (χ1) is 6.63. The summed E-state index contributed by atoms with van der Waals surface area (Å²) in [6.45, 7) is 1.44. The highest BCUT2D eigenvalue weighted by molar-refractivity contribution is 5.78. The Kier molecular flexibility index (Phi) is 3.41. The Bertz CT molecular complexity index is 310. The van der Waals surface area contributed by atoms with Gasteiger partial charge < -0.3 is 15.6 Å². The molecule has 1 amide bonds. The van der Waals surface area contributed by atoms with Crippen molar-refractivity contribution < 1.29 is 14.6 Å². The van der Waals surface area contributed by atoms with Gasteiger partial charge in [0.25, 0.3) is 5.91 Å². The van der Waals surface area contributed by atoms with E-state index in [0.717, 1.165) is 0 Å². The average molecular weight is 196 g/mol. The molecule has 76 valence electrons. The van der Waals surface area contributed by atoms with Crippen molar-refractivity contribution in [2.24, 2.45) is 5.73 Å². The summed E-state index contributed by atoms with van der Waals surface area (Å²) in [6, 6.07) is 3.24. The third-order valence-electron chi connectivity index (χ3n) is 1.67. The van der Waals surface area contributed by atoms with Crippen LogP contribution < -0.4 is 10.5 Å². The van der Waals surface area contributed by atoms with E-state index in [-0.39, 0.29) is 6.61 Å². The van der Waals surface area contributed by atoms with Crippen LogP contribution in [0.25, 0.3) is 0 Å². The van der Waals surface area contributed by atoms with Crippen LogP contribution in [0, 0.1) is 0 Å². The minimum absolute atomic E-state index is 0.119. The van der Waals surface area contributed by atoms with Crippen molar-refractivity contribution in [3.8, 4) is 5.75 Å². The van der Waals surface area contributed by atoms with Gasteiger partial charge in [0.2, 0.25) is 0 Å². The maximum atomic E-state index is 10.7. The number of primary amides is 1. The number of aliphatic hydroxyl groups excluding tert-OH is 1. The summed E-state index contributed by atoms with van der Waals surface area (Å²) in [5.74, 6) is -0.0789. The summed E-state index contributed by atoms with van der Waals surface area (Å²) in [5.41, 5.74) is 5.56. The van der Waals surface area contributed by atoms with Gasteiger partial charge >= 0.3 is 0 Å². The first-order valence-corrected chi connectivity index (χ1v) is 4.15. The molecular weight excluding hydrogens is 184 g/mol. The quantitative estimate of drug-likeness (QED) is 0.699. The van der Waals surface area contributed by atoms with E-state index in [4.69, 9.17) is 15.6 Å². The van der Waals surface area contributed by atoms with Crippen molar-refractivity contribution in [3.63, 3.8) is 0 Å². The smallest absolute Gasteiger partial charge is 0.258 e. The SMILES string of the molecule is CC(Oc1ccc(CO)nc1)C(N)=O. The van der Waals surface area contributed by atoms with Crippen LogP contribution in [0.1, 0.15) is 12.6 Å². The molecule has 1 heterocycles. The van der Waals surface area contributed by atoms with E-state index in [2.05, 4.69) is 4.98 Å². The molecule has 0 spiro atoms. The summed E-state index contributed by atoms with van der Waals surface area (Å²) >= 11 is 0. The summed E-state index contributed by atoms with van der Waals surface area (Å²) in [5, 5.41) is 8.72. The van der Waals surface area contributed by atoms with Crippen LogP contribution in [-0.2, 0) is 11.4 Å². The van der Waals surface area contributed by atoms with Crippen LogP contribution in [0.15, 0.2) is 18.3 Å². The maximum absolute atomic E-state index is 10.7. The highest BCUT2D eigenvalue weighted by atomic mass is 16.5. The van der Waals surface area contributed by atoms with Crippen LogP contribution in [0.4, 0.5) is 0 Å². The number of hydrogen-bond donors (Lipinski definition) is 2. The van der Waals surface area contributed by atoms with E-state index in [1.165, 1.54) is 6.20 Å². The van der Waals surface area contributed by atoms with Crippen molar-refractivity contribution in [2.45, 2.75) is 19.6 Å². The molecule has 0 aliphatic rings. The van der Waals surface area contributed by atoms with Gasteiger partial charge in [0, 0.05) is 0 Å². The highest BCUT2D eigenvalue weighted by Gasteiger charge is 2.09. The molecule has 0 aliphatic heterocycles. The Balaban J connectivity index is 2.64. The van der Waals surface area contributed by atoms with Crippen molar-refractivity contribution in [3.05, 3.63) is 24.0 Å². The van der Waals surface area contributed by atoms with E-state index >= 15 is 0 Å². The number of ether oxygens (including phenoxy) is 1. The van der Waals surface area contributed by atoms with Crippen molar-refractivity contribution in [2.75, 3.05) is 0 Å². The van der Waals surface area contributed by atoms with Crippen LogP contribution in [-0.4, -0.2) is 22.1 Å². The third-order valence-corrected chi connectivity index (χ3v) is 1.67. The number of rotatable bonds is 4. The summed E-state index contributed by atoms with van der Waals surface area (Å²) in [6.07, 6.45) is 0.752. The van der Waals surface area contributed by atoms with Gasteiger partial charge in [0.1, 0.15) is 5.75 Å². The number of nitrogens with zero attached hydrogens (tertiary/aromatic N) is 1. The van der Waals surface area contributed by atoms with Gasteiger partial charge in [-0.2, -0.15) is 0 Å². The summed E-state index contributed by atoms with van der Waals surface area (Å²) < 4.78 is 5.16.